The van der Waals surface area contributed by atoms with Gasteiger partial charge >= 0.3 is 0 Å². The highest BCUT2D eigenvalue weighted by molar-refractivity contribution is 5.87. The second kappa shape index (κ2) is 8.10. The number of likely N-dealkylation sites (N-methyl/N-ethyl adjacent to an activating group) is 1. The summed E-state index contributed by atoms with van der Waals surface area (Å²) in [6.07, 6.45) is 5.18. The number of nitrogens with zero attached hydrogens (tertiary/aromatic N) is 2. The highest BCUT2D eigenvalue weighted by Gasteiger charge is 2.01. The largest absolute Gasteiger partial charge is 0.348 e. The Bertz CT molecular complexity index is 636. The molecule has 114 valence electrons. The Labute approximate surface area is 131 Å². The number of benzene rings is 1. The Hall–Kier alpha value is -2.46. The molecule has 0 atom stereocenters. The summed E-state index contributed by atoms with van der Waals surface area (Å²) in [4.78, 5) is 18.1. The zero-order valence-corrected chi connectivity index (χ0v) is 13.0. The molecule has 0 bridgehead atoms. The third kappa shape index (κ3) is 5.14. The van der Waals surface area contributed by atoms with Crippen LogP contribution in [0.2, 0.25) is 0 Å². The zero-order valence-electron chi connectivity index (χ0n) is 13.0. The van der Waals surface area contributed by atoms with E-state index in [-0.39, 0.29) is 5.91 Å². The van der Waals surface area contributed by atoms with E-state index >= 15 is 0 Å². The first-order valence-corrected chi connectivity index (χ1v) is 7.24. The van der Waals surface area contributed by atoms with E-state index in [4.69, 9.17) is 0 Å². The van der Waals surface area contributed by atoms with Gasteiger partial charge in [-0.2, -0.15) is 0 Å². The molecule has 22 heavy (non-hydrogen) atoms. The number of amides is 1. The average molecular weight is 295 g/mol. The van der Waals surface area contributed by atoms with Crippen LogP contribution in [-0.4, -0.2) is 36.4 Å². The van der Waals surface area contributed by atoms with Crippen molar-refractivity contribution < 1.29 is 4.79 Å². The minimum atomic E-state index is -0.0834. The van der Waals surface area contributed by atoms with Gasteiger partial charge in [-0.25, -0.2) is 0 Å². The minimum absolute atomic E-state index is 0.0834. The molecule has 1 amide bonds. The van der Waals surface area contributed by atoms with Crippen LogP contribution in [0.4, 0.5) is 0 Å². The molecule has 4 nitrogen and oxygen atoms in total. The summed E-state index contributed by atoms with van der Waals surface area (Å²) < 4.78 is 0. The zero-order chi connectivity index (χ0) is 15.8. The van der Waals surface area contributed by atoms with Gasteiger partial charge in [-0.05, 0) is 31.8 Å². The molecule has 4 heteroatoms. The summed E-state index contributed by atoms with van der Waals surface area (Å²) in [5.41, 5.74) is 3.01. The lowest BCUT2D eigenvalue weighted by Gasteiger charge is -2.06. The lowest BCUT2D eigenvalue weighted by Crippen LogP contribution is -2.21. The van der Waals surface area contributed by atoms with Crippen LogP contribution in [-0.2, 0) is 11.3 Å². The van der Waals surface area contributed by atoms with E-state index in [0.29, 0.717) is 6.54 Å². The summed E-state index contributed by atoms with van der Waals surface area (Å²) in [5.74, 6) is -0.0834. The van der Waals surface area contributed by atoms with E-state index in [9.17, 15) is 4.79 Å². The van der Waals surface area contributed by atoms with Crippen LogP contribution >= 0.6 is 0 Å². The van der Waals surface area contributed by atoms with E-state index in [0.717, 1.165) is 23.4 Å². The summed E-state index contributed by atoms with van der Waals surface area (Å²) >= 11 is 0. The first-order chi connectivity index (χ1) is 10.6. The molecular weight excluding hydrogens is 274 g/mol. The van der Waals surface area contributed by atoms with E-state index < -0.39 is 0 Å². The van der Waals surface area contributed by atoms with Crippen molar-refractivity contribution in [2.75, 3.05) is 20.6 Å². The highest BCUT2D eigenvalue weighted by atomic mass is 16.1. The van der Waals surface area contributed by atoms with Crippen molar-refractivity contribution in [3.05, 3.63) is 66.4 Å². The molecule has 2 rings (SSSR count). The third-order valence-corrected chi connectivity index (χ3v) is 3.10. The normalized spacial score (nSPS) is 11.0. The quantitative estimate of drug-likeness (QED) is 0.833. The highest BCUT2D eigenvalue weighted by Crippen LogP contribution is 2.16. The maximum Gasteiger partial charge on any atom is 0.243 e. The first kappa shape index (κ1) is 15.9. The van der Waals surface area contributed by atoms with Gasteiger partial charge in [0.1, 0.15) is 0 Å². The molecule has 0 aliphatic heterocycles. The summed E-state index contributed by atoms with van der Waals surface area (Å²) in [7, 11) is 3.93. The molecule has 1 aromatic heterocycles. The van der Waals surface area contributed by atoms with Gasteiger partial charge in [0.15, 0.2) is 0 Å². The second-order valence-corrected chi connectivity index (χ2v) is 5.30. The molecule has 0 aliphatic rings. The number of pyridine rings is 1. The molecule has 0 saturated carbocycles. The number of carbonyl (C=O) groups is 1. The van der Waals surface area contributed by atoms with Crippen LogP contribution in [0.25, 0.3) is 11.3 Å². The van der Waals surface area contributed by atoms with Crippen LogP contribution in [0.1, 0.15) is 5.56 Å². The summed E-state index contributed by atoms with van der Waals surface area (Å²) in [5, 5.41) is 2.88. The second-order valence-electron chi connectivity index (χ2n) is 5.30. The summed E-state index contributed by atoms with van der Waals surface area (Å²) in [6.45, 7) is 1.24. The van der Waals surface area contributed by atoms with Gasteiger partial charge in [0.05, 0.1) is 5.69 Å². The van der Waals surface area contributed by atoms with Crippen molar-refractivity contribution in [3.63, 3.8) is 0 Å². The molecule has 0 unspecified atom stereocenters. The Morgan fingerprint density at radius 2 is 2.00 bits per heavy atom. The van der Waals surface area contributed by atoms with Crippen LogP contribution in [0.3, 0.4) is 0 Å². The predicted octanol–water partition coefficient (Wildman–Crippen LogP) is 2.48. The molecule has 1 aromatic carbocycles. The van der Waals surface area contributed by atoms with Crippen molar-refractivity contribution >= 4 is 5.91 Å². The van der Waals surface area contributed by atoms with Gasteiger partial charge in [0, 0.05) is 30.9 Å². The molecule has 0 spiro atoms. The van der Waals surface area contributed by atoms with Gasteiger partial charge in [-0.3, -0.25) is 9.78 Å². The van der Waals surface area contributed by atoms with Gasteiger partial charge in [0.25, 0.3) is 0 Å². The van der Waals surface area contributed by atoms with Crippen molar-refractivity contribution in [2.45, 2.75) is 6.54 Å². The first-order valence-electron chi connectivity index (χ1n) is 7.24. The van der Waals surface area contributed by atoms with Crippen molar-refractivity contribution in [1.29, 1.82) is 0 Å². The van der Waals surface area contributed by atoms with Crippen LogP contribution in [0.15, 0.2) is 60.8 Å². The molecule has 1 N–H and O–H groups in total. The van der Waals surface area contributed by atoms with E-state index in [2.05, 4.69) is 10.3 Å². The number of nitrogens with one attached hydrogen (secondary N) is 1. The van der Waals surface area contributed by atoms with Gasteiger partial charge in [-0.1, -0.05) is 36.4 Å². The van der Waals surface area contributed by atoms with Crippen LogP contribution in [0.5, 0.6) is 0 Å². The third-order valence-electron chi connectivity index (χ3n) is 3.10. The lowest BCUT2D eigenvalue weighted by molar-refractivity contribution is -0.116. The number of carbonyl (C=O) groups excluding carboxylic acids is 1. The van der Waals surface area contributed by atoms with Crippen molar-refractivity contribution in [2.24, 2.45) is 0 Å². The molecule has 2 aromatic rings. The van der Waals surface area contributed by atoms with Gasteiger partial charge in [0.2, 0.25) is 5.91 Å². The number of hydrogen-bond donors (Lipinski definition) is 1. The molecule has 0 aliphatic carbocycles. The monoisotopic (exact) mass is 295 g/mol. The standard InChI is InChI=1S/C18H21N3O/c1-21(2)12-6-9-18(22)20-14-15-10-11-19-17(13-15)16-7-4-3-5-8-16/h3-11,13H,12,14H2,1-2H3,(H,20,22)/b9-6+. The van der Waals surface area contributed by atoms with E-state index in [1.54, 1.807) is 12.3 Å². The number of hydrogen-bond acceptors (Lipinski definition) is 3. The Balaban J connectivity index is 1.94. The number of rotatable bonds is 6. The molecule has 0 saturated heterocycles. The lowest BCUT2D eigenvalue weighted by atomic mass is 10.1. The van der Waals surface area contributed by atoms with Crippen molar-refractivity contribution in [3.8, 4) is 11.3 Å². The Morgan fingerprint density at radius 3 is 2.73 bits per heavy atom. The summed E-state index contributed by atoms with van der Waals surface area (Å²) in [6, 6.07) is 13.9. The predicted molar refractivity (Wildman–Crippen MR) is 89.2 cm³/mol. The van der Waals surface area contributed by atoms with E-state index in [1.807, 2.05) is 67.5 Å². The minimum Gasteiger partial charge on any atom is -0.348 e. The smallest absolute Gasteiger partial charge is 0.243 e. The Kier molecular flexibility index (Phi) is 5.86. The molecular formula is C18H21N3O. The fourth-order valence-corrected chi connectivity index (χ4v) is 1.97. The molecule has 0 fully saturated rings. The maximum atomic E-state index is 11.7. The topological polar surface area (TPSA) is 45.2 Å². The SMILES string of the molecule is CN(C)C/C=C/C(=O)NCc1ccnc(-c2ccccc2)c1. The van der Waals surface area contributed by atoms with Crippen LogP contribution in [0, 0.1) is 0 Å². The van der Waals surface area contributed by atoms with E-state index in [1.165, 1.54) is 0 Å². The molecule has 0 radical (unpaired) electrons. The van der Waals surface area contributed by atoms with Gasteiger partial charge in [-0.15, -0.1) is 0 Å². The fourth-order valence-electron chi connectivity index (χ4n) is 1.97. The van der Waals surface area contributed by atoms with Crippen LogP contribution < -0.4 is 5.32 Å². The maximum absolute atomic E-state index is 11.7. The Morgan fingerprint density at radius 1 is 1.23 bits per heavy atom. The fraction of sp³-hybridized carbons (Fsp3) is 0.222. The number of aromatic nitrogens is 1. The van der Waals surface area contributed by atoms with Crippen molar-refractivity contribution in [1.82, 2.24) is 15.2 Å². The average Bonchev–Trinajstić information content (AvgIpc) is 2.54. The molecule has 1 heterocycles. The van der Waals surface area contributed by atoms with Gasteiger partial charge < -0.3 is 10.2 Å².